The average Bonchev–Trinajstić information content (AvgIpc) is 1.94. The molecule has 0 aliphatic carbocycles. The molecule has 68 valence electrons. The molecule has 1 aliphatic rings. The Labute approximate surface area is 74.2 Å². The third-order valence-electron chi connectivity index (χ3n) is 2.30. The van der Waals surface area contributed by atoms with Crippen LogP contribution in [0.4, 0.5) is 0 Å². The van der Waals surface area contributed by atoms with E-state index in [9.17, 15) is 4.79 Å². The maximum absolute atomic E-state index is 11.1. The molecule has 0 N–H and O–H groups in total. The summed E-state index contributed by atoms with van der Waals surface area (Å²) in [6, 6.07) is 0.406. The van der Waals surface area contributed by atoms with Gasteiger partial charge in [0.15, 0.2) is 0 Å². The minimum atomic E-state index is 0.403. The lowest BCUT2D eigenvalue weighted by atomic mass is 10.0. The average molecular weight is 167 g/mol. The van der Waals surface area contributed by atoms with Crippen LogP contribution in [-0.2, 0) is 4.79 Å². The topological polar surface area (TPSA) is 20.3 Å². The standard InChI is InChI=1S/C10H17NO/c1-8(2)7-11-5-4-10(12)6-9(11)3/h9H,1,4-7H2,2-3H3. The maximum Gasteiger partial charge on any atom is 0.135 e. The summed E-state index contributed by atoms with van der Waals surface area (Å²) in [5, 5.41) is 0. The van der Waals surface area contributed by atoms with Crippen molar-refractivity contribution in [3.63, 3.8) is 0 Å². The Balaban J connectivity index is 2.45. The Hall–Kier alpha value is -0.630. The molecule has 0 bridgehead atoms. The van der Waals surface area contributed by atoms with Gasteiger partial charge in [-0.25, -0.2) is 0 Å². The Morgan fingerprint density at radius 3 is 2.92 bits per heavy atom. The van der Waals surface area contributed by atoms with Gasteiger partial charge in [0, 0.05) is 32.0 Å². The van der Waals surface area contributed by atoms with Crippen LogP contribution in [0.15, 0.2) is 12.2 Å². The van der Waals surface area contributed by atoms with Gasteiger partial charge in [-0.05, 0) is 13.8 Å². The van der Waals surface area contributed by atoms with Crippen LogP contribution in [0.25, 0.3) is 0 Å². The summed E-state index contributed by atoms with van der Waals surface area (Å²) in [5.74, 6) is 0.403. The van der Waals surface area contributed by atoms with Crippen LogP contribution in [0.3, 0.4) is 0 Å². The van der Waals surface area contributed by atoms with Crippen molar-refractivity contribution in [1.29, 1.82) is 0 Å². The Morgan fingerprint density at radius 1 is 1.75 bits per heavy atom. The molecule has 0 aromatic rings. The second kappa shape index (κ2) is 3.85. The summed E-state index contributed by atoms with van der Waals surface area (Å²) in [4.78, 5) is 13.4. The summed E-state index contributed by atoms with van der Waals surface area (Å²) in [5.41, 5.74) is 1.18. The highest BCUT2D eigenvalue weighted by molar-refractivity contribution is 5.79. The minimum absolute atomic E-state index is 0.403. The number of carbonyl (C=O) groups is 1. The molecule has 0 radical (unpaired) electrons. The van der Waals surface area contributed by atoms with E-state index in [2.05, 4.69) is 18.4 Å². The fourth-order valence-corrected chi connectivity index (χ4v) is 1.63. The predicted octanol–water partition coefficient (Wildman–Crippen LogP) is 1.62. The highest BCUT2D eigenvalue weighted by Gasteiger charge is 2.22. The van der Waals surface area contributed by atoms with Crippen LogP contribution in [0.2, 0.25) is 0 Å². The first-order chi connectivity index (χ1) is 5.59. The molecule has 2 nitrogen and oxygen atoms in total. The molecule has 1 fully saturated rings. The molecule has 1 aliphatic heterocycles. The Kier molecular flexibility index (Phi) is 3.04. The third kappa shape index (κ3) is 2.45. The first-order valence-corrected chi connectivity index (χ1v) is 4.49. The number of Topliss-reactive ketones (excluding diaryl/α,β-unsaturated/α-hetero) is 1. The van der Waals surface area contributed by atoms with Gasteiger partial charge in [-0.1, -0.05) is 12.2 Å². The number of piperidine rings is 1. The first-order valence-electron chi connectivity index (χ1n) is 4.49. The zero-order valence-corrected chi connectivity index (χ0v) is 7.97. The predicted molar refractivity (Wildman–Crippen MR) is 50.1 cm³/mol. The zero-order chi connectivity index (χ0) is 9.14. The van der Waals surface area contributed by atoms with Crippen LogP contribution in [0.5, 0.6) is 0 Å². The van der Waals surface area contributed by atoms with Crippen LogP contribution in [-0.4, -0.2) is 29.8 Å². The number of rotatable bonds is 2. The molecule has 0 amide bonds. The van der Waals surface area contributed by atoms with Gasteiger partial charge >= 0.3 is 0 Å². The molecular weight excluding hydrogens is 150 g/mol. The minimum Gasteiger partial charge on any atom is -0.300 e. The normalized spacial score (nSPS) is 25.8. The van der Waals surface area contributed by atoms with E-state index in [1.54, 1.807) is 0 Å². The number of hydrogen-bond acceptors (Lipinski definition) is 2. The van der Waals surface area contributed by atoms with E-state index < -0.39 is 0 Å². The number of carbonyl (C=O) groups excluding carboxylic acids is 1. The Bertz CT molecular complexity index is 198. The van der Waals surface area contributed by atoms with Gasteiger partial charge in [-0.2, -0.15) is 0 Å². The summed E-state index contributed by atoms with van der Waals surface area (Å²) in [6.45, 7) is 9.87. The summed E-state index contributed by atoms with van der Waals surface area (Å²) >= 11 is 0. The van der Waals surface area contributed by atoms with Crippen molar-refractivity contribution >= 4 is 5.78 Å². The van der Waals surface area contributed by atoms with Crippen molar-refractivity contribution in [3.05, 3.63) is 12.2 Å². The van der Waals surface area contributed by atoms with Gasteiger partial charge < -0.3 is 0 Å². The molecule has 0 aromatic heterocycles. The van der Waals surface area contributed by atoms with Crippen LogP contribution >= 0.6 is 0 Å². The van der Waals surface area contributed by atoms with Crippen LogP contribution in [0.1, 0.15) is 26.7 Å². The van der Waals surface area contributed by atoms with E-state index in [0.717, 1.165) is 19.5 Å². The second-order valence-electron chi connectivity index (χ2n) is 3.77. The molecule has 12 heavy (non-hydrogen) atoms. The van der Waals surface area contributed by atoms with E-state index in [0.29, 0.717) is 18.2 Å². The van der Waals surface area contributed by atoms with Crippen molar-refractivity contribution in [2.24, 2.45) is 0 Å². The number of ketones is 1. The van der Waals surface area contributed by atoms with Crippen molar-refractivity contribution in [1.82, 2.24) is 4.90 Å². The fraction of sp³-hybridized carbons (Fsp3) is 0.700. The van der Waals surface area contributed by atoms with Crippen molar-refractivity contribution in [2.75, 3.05) is 13.1 Å². The summed E-state index contributed by atoms with van der Waals surface area (Å²) < 4.78 is 0. The highest BCUT2D eigenvalue weighted by Crippen LogP contribution is 2.14. The van der Waals surface area contributed by atoms with Gasteiger partial charge in [0.2, 0.25) is 0 Å². The molecule has 1 saturated heterocycles. The van der Waals surface area contributed by atoms with Gasteiger partial charge in [0.25, 0.3) is 0 Å². The number of likely N-dealkylation sites (tertiary alicyclic amines) is 1. The Morgan fingerprint density at radius 2 is 2.42 bits per heavy atom. The maximum atomic E-state index is 11.1. The second-order valence-corrected chi connectivity index (χ2v) is 3.77. The highest BCUT2D eigenvalue weighted by atomic mass is 16.1. The van der Waals surface area contributed by atoms with E-state index in [1.165, 1.54) is 5.57 Å². The van der Waals surface area contributed by atoms with Crippen LogP contribution in [0, 0.1) is 0 Å². The number of hydrogen-bond donors (Lipinski definition) is 0. The van der Waals surface area contributed by atoms with Gasteiger partial charge in [0.1, 0.15) is 5.78 Å². The fourth-order valence-electron chi connectivity index (χ4n) is 1.63. The van der Waals surface area contributed by atoms with E-state index in [4.69, 9.17) is 0 Å². The smallest absolute Gasteiger partial charge is 0.135 e. The number of nitrogens with zero attached hydrogens (tertiary/aromatic N) is 1. The van der Waals surface area contributed by atoms with Crippen molar-refractivity contribution < 1.29 is 4.79 Å². The van der Waals surface area contributed by atoms with E-state index in [-0.39, 0.29) is 0 Å². The molecule has 0 aromatic carbocycles. The first kappa shape index (κ1) is 9.46. The van der Waals surface area contributed by atoms with E-state index >= 15 is 0 Å². The quantitative estimate of drug-likeness (QED) is 0.582. The molecule has 2 heteroatoms. The lowest BCUT2D eigenvalue weighted by Gasteiger charge is -2.32. The molecule has 0 saturated carbocycles. The summed E-state index contributed by atoms with van der Waals surface area (Å²) in [7, 11) is 0. The van der Waals surface area contributed by atoms with Gasteiger partial charge in [-0.15, -0.1) is 0 Å². The monoisotopic (exact) mass is 167 g/mol. The molecule has 0 spiro atoms. The molecular formula is C10H17NO. The van der Waals surface area contributed by atoms with Gasteiger partial charge in [-0.3, -0.25) is 9.69 Å². The summed E-state index contributed by atoms with van der Waals surface area (Å²) in [6.07, 6.45) is 1.44. The lowest BCUT2D eigenvalue weighted by molar-refractivity contribution is -0.122. The SMILES string of the molecule is C=C(C)CN1CCC(=O)CC1C. The molecule has 1 atom stereocenters. The largest absolute Gasteiger partial charge is 0.300 e. The van der Waals surface area contributed by atoms with Crippen LogP contribution < -0.4 is 0 Å². The van der Waals surface area contributed by atoms with Crippen molar-refractivity contribution in [3.8, 4) is 0 Å². The van der Waals surface area contributed by atoms with Crippen molar-refractivity contribution in [2.45, 2.75) is 32.7 Å². The zero-order valence-electron chi connectivity index (χ0n) is 7.97. The van der Waals surface area contributed by atoms with Gasteiger partial charge in [0.05, 0.1) is 0 Å². The molecule has 1 heterocycles. The molecule has 1 unspecified atom stereocenters. The third-order valence-corrected chi connectivity index (χ3v) is 2.30. The lowest BCUT2D eigenvalue weighted by Crippen LogP contribution is -2.41. The van der Waals surface area contributed by atoms with E-state index in [1.807, 2.05) is 6.92 Å². The molecule has 1 rings (SSSR count).